The van der Waals surface area contributed by atoms with E-state index in [2.05, 4.69) is 0 Å². The van der Waals surface area contributed by atoms with E-state index in [-0.39, 0.29) is 6.10 Å². The molecule has 7 nitrogen and oxygen atoms in total. The van der Waals surface area contributed by atoms with Crippen molar-refractivity contribution in [2.75, 3.05) is 14.2 Å². The van der Waals surface area contributed by atoms with Gasteiger partial charge in [-0.1, -0.05) is 18.2 Å². The highest BCUT2D eigenvalue weighted by molar-refractivity contribution is 5.26. The lowest BCUT2D eigenvalue weighted by atomic mass is 10.0. The first-order valence-electron chi connectivity index (χ1n) is 4.36. The van der Waals surface area contributed by atoms with Crippen molar-refractivity contribution >= 4 is 12.2 Å². The van der Waals surface area contributed by atoms with Gasteiger partial charge in [0.1, 0.15) is 6.10 Å². The number of nitrogens with two attached hydrogens (primary N) is 1. The molecule has 0 saturated carbocycles. The normalized spacial score (nSPS) is 24.3. The van der Waals surface area contributed by atoms with Gasteiger partial charge in [-0.2, -0.15) is 0 Å². The largest absolute Gasteiger partial charge is 0.373 e. The molecule has 94 valence electrons. The minimum Gasteiger partial charge on any atom is -0.373 e. The van der Waals surface area contributed by atoms with Gasteiger partial charge < -0.3 is 9.47 Å². The third-order valence-corrected chi connectivity index (χ3v) is 1.81. The maximum absolute atomic E-state index is 8.35. The Morgan fingerprint density at radius 3 is 2.00 bits per heavy atom. The van der Waals surface area contributed by atoms with Gasteiger partial charge in [0.15, 0.2) is 5.72 Å². The van der Waals surface area contributed by atoms with E-state index in [1.165, 1.54) is 0 Å². The predicted octanol–water partition coefficient (Wildman–Crippen LogP) is 0.231. The van der Waals surface area contributed by atoms with Crippen LogP contribution in [0.4, 0.5) is 0 Å². The van der Waals surface area contributed by atoms with Gasteiger partial charge in [0.05, 0.1) is 0 Å². The second-order valence-electron chi connectivity index (χ2n) is 2.66. The monoisotopic (exact) mass is 241 g/mol. The zero-order chi connectivity index (χ0) is 13.7. The molecule has 2 atom stereocenters. The molecular formula is C10H15N3O4. The Kier molecular flexibility index (Phi) is 11.0. The first-order valence-corrected chi connectivity index (χ1v) is 4.36. The Balaban J connectivity index is 0. The number of allylic oxidation sites excluding steroid dienone is 2. The molecule has 0 aromatic carbocycles. The number of hydrogen-bond donors (Lipinski definition) is 3. The van der Waals surface area contributed by atoms with Crippen LogP contribution >= 0.6 is 0 Å². The van der Waals surface area contributed by atoms with Gasteiger partial charge in [-0.25, -0.2) is 20.4 Å². The van der Waals surface area contributed by atoms with Crippen LogP contribution in [0, 0.1) is 10.8 Å². The van der Waals surface area contributed by atoms with E-state index in [0.717, 1.165) is 12.2 Å². The second kappa shape index (κ2) is 10.6. The average Bonchev–Trinajstić information content (AvgIpc) is 2.32. The summed E-state index contributed by atoms with van der Waals surface area (Å²) in [6.07, 6.45) is 8.68. The van der Waals surface area contributed by atoms with Gasteiger partial charge in [0.25, 0.3) is 0 Å². The van der Waals surface area contributed by atoms with Crippen LogP contribution in [-0.2, 0) is 19.1 Å². The topological polar surface area (TPSA) is 126 Å². The van der Waals surface area contributed by atoms with Crippen LogP contribution in [0.5, 0.6) is 0 Å². The van der Waals surface area contributed by atoms with E-state index in [0.29, 0.717) is 0 Å². The third-order valence-electron chi connectivity index (χ3n) is 1.81. The molecule has 4 N–H and O–H groups in total. The summed E-state index contributed by atoms with van der Waals surface area (Å²) in [6, 6.07) is 0. The van der Waals surface area contributed by atoms with Crippen molar-refractivity contribution in [2.45, 2.75) is 11.8 Å². The van der Waals surface area contributed by atoms with Gasteiger partial charge in [0, 0.05) is 14.2 Å². The van der Waals surface area contributed by atoms with Crippen LogP contribution in [-0.4, -0.2) is 38.2 Å². The van der Waals surface area contributed by atoms with Crippen LogP contribution in [0.15, 0.2) is 24.3 Å². The lowest BCUT2D eigenvalue weighted by Gasteiger charge is -2.31. The summed E-state index contributed by atoms with van der Waals surface area (Å²) in [5, 5.41) is 10.8. The van der Waals surface area contributed by atoms with Crippen molar-refractivity contribution in [3.8, 4) is 0 Å². The smallest absolute Gasteiger partial charge is 0.231 e. The molecule has 7 heteroatoms. The van der Waals surface area contributed by atoms with Crippen molar-refractivity contribution in [3.63, 3.8) is 0 Å². The Bertz CT molecular complexity index is 316. The standard InChI is InChI=1S/C8H13NO2.2CHNO/c1-10-7-5-3-4-6-8(7,9)11-2;2*2-1-3/h3-7H,9H2,1-2H3;2*2H. The highest BCUT2D eigenvalue weighted by atomic mass is 16.5. The molecular weight excluding hydrogens is 226 g/mol. The minimum atomic E-state index is -0.802. The molecule has 0 amide bonds. The second-order valence-corrected chi connectivity index (χ2v) is 2.66. The van der Waals surface area contributed by atoms with Crippen LogP contribution in [0.25, 0.3) is 0 Å². The number of rotatable bonds is 2. The molecule has 1 rings (SSSR count). The summed E-state index contributed by atoms with van der Waals surface area (Å²) >= 11 is 0. The summed E-state index contributed by atoms with van der Waals surface area (Å²) in [5.41, 5.74) is 5.03. The molecule has 17 heavy (non-hydrogen) atoms. The maximum atomic E-state index is 8.35. The fraction of sp³-hybridized carbons (Fsp3) is 0.400. The van der Waals surface area contributed by atoms with Crippen molar-refractivity contribution in [1.29, 1.82) is 10.8 Å². The van der Waals surface area contributed by atoms with Gasteiger partial charge in [-0.15, -0.1) is 0 Å². The number of hydrogen-bond acceptors (Lipinski definition) is 7. The summed E-state index contributed by atoms with van der Waals surface area (Å²) in [7, 11) is 3.17. The molecule has 1 aliphatic carbocycles. The minimum absolute atomic E-state index is 0.197. The fourth-order valence-electron chi connectivity index (χ4n) is 1.06. The molecule has 0 heterocycles. The van der Waals surface area contributed by atoms with Crippen LogP contribution in [0.1, 0.15) is 0 Å². The van der Waals surface area contributed by atoms with E-state index in [1.54, 1.807) is 20.3 Å². The Hall–Kier alpha value is -1.88. The van der Waals surface area contributed by atoms with Crippen molar-refractivity contribution in [2.24, 2.45) is 5.73 Å². The van der Waals surface area contributed by atoms with Gasteiger partial charge in [-0.05, 0) is 6.08 Å². The van der Waals surface area contributed by atoms with Crippen LogP contribution in [0.3, 0.4) is 0 Å². The molecule has 0 aromatic heterocycles. The van der Waals surface area contributed by atoms with E-state index >= 15 is 0 Å². The highest BCUT2D eigenvalue weighted by Crippen LogP contribution is 2.18. The summed E-state index contributed by atoms with van der Waals surface area (Å²) in [4.78, 5) is 16.7. The number of ether oxygens (including phenoxy) is 2. The molecule has 0 bridgehead atoms. The Labute approximate surface area is 98.9 Å². The van der Waals surface area contributed by atoms with Gasteiger partial charge in [-0.3, -0.25) is 5.73 Å². The van der Waals surface area contributed by atoms with Crippen molar-refractivity contribution in [3.05, 3.63) is 24.3 Å². The van der Waals surface area contributed by atoms with E-state index in [4.69, 9.17) is 35.6 Å². The predicted molar refractivity (Wildman–Crippen MR) is 59.8 cm³/mol. The van der Waals surface area contributed by atoms with Crippen molar-refractivity contribution < 1.29 is 19.1 Å². The molecule has 0 aromatic rings. The summed E-state index contributed by atoms with van der Waals surface area (Å²) in [6.45, 7) is 0. The molecule has 2 unspecified atom stereocenters. The number of methoxy groups -OCH3 is 2. The molecule has 0 aliphatic heterocycles. The molecule has 0 spiro atoms. The van der Waals surface area contributed by atoms with Crippen molar-refractivity contribution in [1.82, 2.24) is 0 Å². The quantitative estimate of drug-likeness (QED) is 0.362. The first kappa shape index (κ1) is 17.5. The number of isocyanates is 2. The fourth-order valence-corrected chi connectivity index (χ4v) is 1.06. The zero-order valence-corrected chi connectivity index (χ0v) is 9.60. The SMILES string of the molecule is COC1C=CC=CC1(N)OC.N=C=O.N=C=O. The summed E-state index contributed by atoms with van der Waals surface area (Å²) < 4.78 is 10.2. The number of nitrogens with one attached hydrogen (secondary N) is 2. The molecule has 0 radical (unpaired) electrons. The first-order chi connectivity index (χ1) is 8.05. The Morgan fingerprint density at radius 1 is 1.24 bits per heavy atom. The lowest BCUT2D eigenvalue weighted by molar-refractivity contribution is -0.0623. The molecule has 0 fully saturated rings. The van der Waals surface area contributed by atoms with E-state index in [9.17, 15) is 0 Å². The van der Waals surface area contributed by atoms with E-state index in [1.807, 2.05) is 18.2 Å². The molecule has 0 saturated heterocycles. The lowest BCUT2D eigenvalue weighted by Crippen LogP contribution is -2.51. The van der Waals surface area contributed by atoms with E-state index < -0.39 is 5.72 Å². The van der Waals surface area contributed by atoms with Gasteiger partial charge in [0.2, 0.25) is 12.2 Å². The zero-order valence-electron chi connectivity index (χ0n) is 9.60. The van der Waals surface area contributed by atoms with Crippen LogP contribution in [0.2, 0.25) is 0 Å². The molecule has 1 aliphatic rings. The maximum Gasteiger partial charge on any atom is 0.231 e. The van der Waals surface area contributed by atoms with Gasteiger partial charge >= 0.3 is 0 Å². The Morgan fingerprint density at radius 2 is 1.71 bits per heavy atom. The number of carbonyl (C=O) groups excluding carboxylic acids is 2. The summed E-state index contributed by atoms with van der Waals surface area (Å²) in [5.74, 6) is 0. The van der Waals surface area contributed by atoms with Crippen LogP contribution < -0.4 is 5.73 Å². The third kappa shape index (κ3) is 7.08. The average molecular weight is 241 g/mol. The highest BCUT2D eigenvalue weighted by Gasteiger charge is 2.31.